The van der Waals surface area contributed by atoms with Crippen LogP contribution in [-0.2, 0) is 26.2 Å². The van der Waals surface area contributed by atoms with Crippen LogP contribution >= 0.6 is 0 Å². The zero-order chi connectivity index (χ0) is 18.5. The lowest BCUT2D eigenvalue weighted by Gasteiger charge is -2.10. The van der Waals surface area contributed by atoms with Crippen LogP contribution in [-0.4, -0.2) is 42.8 Å². The number of fused-ring (bicyclic) bond motifs is 2. The molecular formula is C18H23N3O4S. The van der Waals surface area contributed by atoms with Gasteiger partial charge in [0.2, 0.25) is 10.0 Å². The summed E-state index contributed by atoms with van der Waals surface area (Å²) in [6.45, 7) is 0.0826. The van der Waals surface area contributed by atoms with Crippen molar-refractivity contribution in [2.24, 2.45) is 17.8 Å². The SMILES string of the molecule is CN(C)S(=O)(=O)c1ccc2nc(COC(=O)C3[C@H]4CCCC[C@@H]34)[nH]c2c1. The van der Waals surface area contributed by atoms with E-state index in [2.05, 4.69) is 9.97 Å². The second-order valence-electron chi connectivity index (χ2n) is 7.40. The van der Waals surface area contributed by atoms with Gasteiger partial charge >= 0.3 is 5.97 Å². The van der Waals surface area contributed by atoms with E-state index in [1.54, 1.807) is 12.1 Å². The first kappa shape index (κ1) is 17.5. The van der Waals surface area contributed by atoms with Crippen LogP contribution in [0.15, 0.2) is 23.1 Å². The summed E-state index contributed by atoms with van der Waals surface area (Å²) in [4.78, 5) is 19.9. The van der Waals surface area contributed by atoms with E-state index in [0.717, 1.165) is 12.8 Å². The smallest absolute Gasteiger partial charge is 0.309 e. The zero-order valence-electron chi connectivity index (χ0n) is 14.9. The predicted molar refractivity (Wildman–Crippen MR) is 95.7 cm³/mol. The minimum atomic E-state index is -3.50. The Hall–Kier alpha value is -1.93. The lowest BCUT2D eigenvalue weighted by atomic mass is 10.0. The van der Waals surface area contributed by atoms with Crippen LogP contribution in [0.25, 0.3) is 11.0 Å². The normalized spacial score (nSPS) is 25.3. The van der Waals surface area contributed by atoms with Crippen molar-refractivity contribution in [3.63, 3.8) is 0 Å². The molecular weight excluding hydrogens is 354 g/mol. The fourth-order valence-corrected chi connectivity index (χ4v) is 4.99. The molecule has 1 heterocycles. The second-order valence-corrected chi connectivity index (χ2v) is 9.55. The molecule has 7 nitrogen and oxygen atoms in total. The van der Waals surface area contributed by atoms with Gasteiger partial charge in [0.25, 0.3) is 0 Å². The molecule has 1 aromatic heterocycles. The van der Waals surface area contributed by atoms with Crippen molar-refractivity contribution in [3.05, 3.63) is 24.0 Å². The van der Waals surface area contributed by atoms with E-state index < -0.39 is 10.0 Å². The third-order valence-corrected chi connectivity index (χ3v) is 7.37. The summed E-state index contributed by atoms with van der Waals surface area (Å²) in [5.74, 6) is 1.50. The van der Waals surface area contributed by atoms with E-state index in [1.165, 1.54) is 37.3 Å². The number of carbonyl (C=O) groups is 1. The summed E-state index contributed by atoms with van der Waals surface area (Å²) >= 11 is 0. The van der Waals surface area contributed by atoms with Crippen molar-refractivity contribution in [2.75, 3.05) is 14.1 Å². The molecule has 0 radical (unpaired) electrons. The maximum Gasteiger partial charge on any atom is 0.309 e. The highest BCUT2D eigenvalue weighted by Crippen LogP contribution is 2.55. The van der Waals surface area contributed by atoms with E-state index in [4.69, 9.17) is 4.74 Å². The molecule has 0 bridgehead atoms. The Morgan fingerprint density at radius 3 is 2.62 bits per heavy atom. The molecule has 1 aromatic carbocycles. The van der Waals surface area contributed by atoms with Crippen LogP contribution < -0.4 is 0 Å². The number of benzene rings is 1. The number of esters is 1. The first-order valence-corrected chi connectivity index (χ1v) is 10.4. The van der Waals surface area contributed by atoms with E-state index in [1.807, 2.05) is 0 Å². The van der Waals surface area contributed by atoms with E-state index in [9.17, 15) is 13.2 Å². The fourth-order valence-electron chi connectivity index (χ4n) is 4.06. The summed E-state index contributed by atoms with van der Waals surface area (Å²) < 4.78 is 31.1. The summed E-state index contributed by atoms with van der Waals surface area (Å²) in [6, 6.07) is 4.74. The first-order valence-electron chi connectivity index (χ1n) is 8.96. The van der Waals surface area contributed by atoms with Gasteiger partial charge in [-0.15, -0.1) is 0 Å². The van der Waals surface area contributed by atoms with Gasteiger partial charge in [-0.2, -0.15) is 0 Å². The number of H-pyrrole nitrogens is 1. The Kier molecular flexibility index (Phi) is 4.27. The molecule has 1 N–H and O–H groups in total. The summed E-state index contributed by atoms with van der Waals surface area (Å²) in [5, 5.41) is 0. The highest BCUT2D eigenvalue weighted by atomic mass is 32.2. The minimum absolute atomic E-state index is 0.0683. The summed E-state index contributed by atoms with van der Waals surface area (Å²) in [5.41, 5.74) is 1.26. The molecule has 26 heavy (non-hydrogen) atoms. The van der Waals surface area contributed by atoms with Crippen molar-refractivity contribution in [3.8, 4) is 0 Å². The maximum atomic E-state index is 12.3. The monoisotopic (exact) mass is 377 g/mol. The van der Waals surface area contributed by atoms with Crippen LogP contribution in [0.1, 0.15) is 31.5 Å². The van der Waals surface area contributed by atoms with Crippen molar-refractivity contribution in [1.82, 2.24) is 14.3 Å². The number of imidazole rings is 1. The van der Waals surface area contributed by atoms with Gasteiger partial charge in [-0.05, 0) is 42.9 Å². The fraction of sp³-hybridized carbons (Fsp3) is 0.556. The van der Waals surface area contributed by atoms with Crippen LogP contribution in [0.3, 0.4) is 0 Å². The predicted octanol–water partition coefficient (Wildman–Crippen LogP) is 2.29. The second kappa shape index (κ2) is 6.35. The molecule has 2 aliphatic carbocycles. The average Bonchev–Trinajstić information content (AvgIpc) is 3.20. The van der Waals surface area contributed by atoms with Crippen LogP contribution in [0, 0.1) is 17.8 Å². The topological polar surface area (TPSA) is 92.4 Å². The molecule has 0 amide bonds. The molecule has 0 spiro atoms. The number of nitrogens with one attached hydrogen (secondary N) is 1. The number of hydrogen-bond donors (Lipinski definition) is 1. The van der Waals surface area contributed by atoms with Gasteiger partial charge in [0.05, 0.1) is 21.8 Å². The number of hydrogen-bond acceptors (Lipinski definition) is 5. The van der Waals surface area contributed by atoms with Crippen LogP contribution in [0.5, 0.6) is 0 Å². The van der Waals surface area contributed by atoms with E-state index >= 15 is 0 Å². The molecule has 0 aliphatic heterocycles. The maximum absolute atomic E-state index is 12.3. The molecule has 1 unspecified atom stereocenters. The number of sulfonamides is 1. The Morgan fingerprint density at radius 1 is 1.27 bits per heavy atom. The Morgan fingerprint density at radius 2 is 1.96 bits per heavy atom. The van der Waals surface area contributed by atoms with Crippen molar-refractivity contribution in [2.45, 2.75) is 37.2 Å². The quantitative estimate of drug-likeness (QED) is 0.807. The minimum Gasteiger partial charge on any atom is -0.457 e. The van der Waals surface area contributed by atoms with E-state index in [0.29, 0.717) is 28.7 Å². The summed E-state index contributed by atoms with van der Waals surface area (Å²) in [7, 11) is -0.514. The Bertz CT molecular complexity index is 938. The lowest BCUT2D eigenvalue weighted by molar-refractivity contribution is -0.147. The third kappa shape index (κ3) is 3.01. The lowest BCUT2D eigenvalue weighted by Crippen LogP contribution is -2.22. The molecule has 3 atom stereocenters. The standard InChI is InChI=1S/C18H23N3O4S/c1-21(2)26(23,24)11-7-8-14-15(9-11)20-16(19-14)10-25-18(22)17-12-5-3-4-6-13(12)17/h7-9,12-13,17H,3-6,10H2,1-2H3,(H,19,20)/t12-,13+,17?. The van der Waals surface area contributed by atoms with E-state index in [-0.39, 0.29) is 23.4 Å². The highest BCUT2D eigenvalue weighted by Gasteiger charge is 2.55. The third-order valence-electron chi connectivity index (χ3n) is 5.56. The molecule has 0 saturated heterocycles. The molecule has 4 rings (SSSR count). The van der Waals surface area contributed by atoms with Gasteiger partial charge in [-0.25, -0.2) is 17.7 Å². The van der Waals surface area contributed by atoms with Gasteiger partial charge in [0, 0.05) is 14.1 Å². The number of rotatable bonds is 5. The average molecular weight is 377 g/mol. The number of aromatic nitrogens is 2. The van der Waals surface area contributed by atoms with Gasteiger partial charge in [0.15, 0.2) is 0 Å². The van der Waals surface area contributed by atoms with Gasteiger partial charge < -0.3 is 9.72 Å². The Labute approximate surface area is 152 Å². The van der Waals surface area contributed by atoms with Gasteiger partial charge in [0.1, 0.15) is 12.4 Å². The van der Waals surface area contributed by atoms with Crippen LogP contribution in [0.4, 0.5) is 0 Å². The number of ether oxygens (including phenoxy) is 1. The van der Waals surface area contributed by atoms with Crippen molar-refractivity contribution >= 4 is 27.0 Å². The van der Waals surface area contributed by atoms with Crippen molar-refractivity contribution < 1.29 is 17.9 Å². The molecule has 2 saturated carbocycles. The number of carbonyl (C=O) groups excluding carboxylic acids is 1. The molecule has 2 fully saturated rings. The summed E-state index contributed by atoms with van der Waals surface area (Å²) in [6.07, 6.45) is 4.70. The molecule has 140 valence electrons. The van der Waals surface area contributed by atoms with Gasteiger partial charge in [-0.3, -0.25) is 4.79 Å². The van der Waals surface area contributed by atoms with Gasteiger partial charge in [-0.1, -0.05) is 12.8 Å². The first-order chi connectivity index (χ1) is 12.4. The molecule has 2 aromatic rings. The molecule has 2 aliphatic rings. The number of aromatic amines is 1. The largest absolute Gasteiger partial charge is 0.457 e. The number of nitrogens with zero attached hydrogens (tertiary/aromatic N) is 2. The highest BCUT2D eigenvalue weighted by molar-refractivity contribution is 7.89. The van der Waals surface area contributed by atoms with Crippen molar-refractivity contribution in [1.29, 1.82) is 0 Å². The Balaban J connectivity index is 1.45. The zero-order valence-corrected chi connectivity index (χ0v) is 15.8. The van der Waals surface area contributed by atoms with Crippen LogP contribution in [0.2, 0.25) is 0 Å². The molecule has 8 heteroatoms.